The summed E-state index contributed by atoms with van der Waals surface area (Å²) in [6.07, 6.45) is 2.18. The molecule has 0 bridgehead atoms. The third kappa shape index (κ3) is 7.78. The Labute approximate surface area is 81.3 Å². The maximum absolute atomic E-state index is 11.1. The number of rotatable bonds is 7. The van der Waals surface area contributed by atoms with Crippen LogP contribution in [0.5, 0.6) is 0 Å². The van der Waals surface area contributed by atoms with Crippen LogP contribution in [0.4, 0.5) is 0 Å². The molecule has 0 rings (SSSR count). The van der Waals surface area contributed by atoms with Crippen molar-refractivity contribution in [2.75, 3.05) is 19.6 Å². The zero-order valence-corrected chi connectivity index (χ0v) is 9.02. The van der Waals surface area contributed by atoms with Gasteiger partial charge in [-0.1, -0.05) is 20.8 Å². The molecule has 0 aromatic carbocycles. The van der Waals surface area contributed by atoms with Gasteiger partial charge >= 0.3 is 0 Å². The molecule has 0 unspecified atom stereocenters. The van der Waals surface area contributed by atoms with E-state index in [1.54, 1.807) is 0 Å². The van der Waals surface area contributed by atoms with E-state index in [0.717, 1.165) is 26.1 Å². The SMILES string of the molecule is CCCNCCCNC(=O)C(C)C. The second kappa shape index (κ2) is 8.05. The van der Waals surface area contributed by atoms with Crippen LogP contribution in [0.2, 0.25) is 0 Å². The highest BCUT2D eigenvalue weighted by molar-refractivity contribution is 5.77. The van der Waals surface area contributed by atoms with Gasteiger partial charge in [0.2, 0.25) is 5.91 Å². The topological polar surface area (TPSA) is 41.1 Å². The van der Waals surface area contributed by atoms with E-state index in [1.165, 1.54) is 6.42 Å². The average molecular weight is 186 g/mol. The summed E-state index contributed by atoms with van der Waals surface area (Å²) >= 11 is 0. The van der Waals surface area contributed by atoms with Crippen LogP contribution in [0.1, 0.15) is 33.6 Å². The molecule has 0 aliphatic heterocycles. The standard InChI is InChI=1S/C10H22N2O/c1-4-6-11-7-5-8-12-10(13)9(2)3/h9,11H,4-8H2,1-3H3,(H,12,13). The molecule has 2 N–H and O–H groups in total. The number of carbonyl (C=O) groups is 1. The molecular weight excluding hydrogens is 164 g/mol. The normalized spacial score (nSPS) is 10.5. The minimum atomic E-state index is 0.101. The molecule has 0 aromatic rings. The Morgan fingerprint density at radius 1 is 1.23 bits per heavy atom. The summed E-state index contributed by atoms with van der Waals surface area (Å²) in [4.78, 5) is 11.1. The number of amides is 1. The Morgan fingerprint density at radius 3 is 2.46 bits per heavy atom. The molecule has 3 heteroatoms. The quantitative estimate of drug-likeness (QED) is 0.586. The predicted octanol–water partition coefficient (Wildman–Crippen LogP) is 1.15. The van der Waals surface area contributed by atoms with Gasteiger partial charge in [0.05, 0.1) is 0 Å². The van der Waals surface area contributed by atoms with E-state index in [4.69, 9.17) is 0 Å². The van der Waals surface area contributed by atoms with Crippen LogP contribution in [-0.4, -0.2) is 25.5 Å². The fourth-order valence-corrected chi connectivity index (χ4v) is 0.931. The average Bonchev–Trinajstić information content (AvgIpc) is 2.10. The Hall–Kier alpha value is -0.570. The van der Waals surface area contributed by atoms with Crippen molar-refractivity contribution in [3.05, 3.63) is 0 Å². The van der Waals surface area contributed by atoms with E-state index in [2.05, 4.69) is 17.6 Å². The lowest BCUT2D eigenvalue weighted by Crippen LogP contribution is -2.30. The largest absolute Gasteiger partial charge is 0.356 e. The Morgan fingerprint density at radius 2 is 1.92 bits per heavy atom. The Bertz CT molecular complexity index is 135. The van der Waals surface area contributed by atoms with Crippen molar-refractivity contribution in [3.8, 4) is 0 Å². The van der Waals surface area contributed by atoms with Crippen molar-refractivity contribution >= 4 is 5.91 Å². The fourth-order valence-electron chi connectivity index (χ4n) is 0.931. The highest BCUT2D eigenvalue weighted by Gasteiger charge is 2.03. The van der Waals surface area contributed by atoms with Crippen LogP contribution >= 0.6 is 0 Å². The van der Waals surface area contributed by atoms with Gasteiger partial charge in [-0.15, -0.1) is 0 Å². The van der Waals surface area contributed by atoms with Gasteiger partial charge in [-0.05, 0) is 25.9 Å². The smallest absolute Gasteiger partial charge is 0.222 e. The second-order valence-corrected chi connectivity index (χ2v) is 3.55. The summed E-state index contributed by atoms with van der Waals surface area (Å²) in [5, 5.41) is 6.17. The first-order valence-corrected chi connectivity index (χ1v) is 5.17. The monoisotopic (exact) mass is 186 g/mol. The van der Waals surface area contributed by atoms with E-state index >= 15 is 0 Å². The molecule has 0 radical (unpaired) electrons. The van der Waals surface area contributed by atoms with Gasteiger partial charge in [-0.25, -0.2) is 0 Å². The Balaban J connectivity index is 3.12. The summed E-state index contributed by atoms with van der Waals surface area (Å²) in [5.74, 6) is 0.249. The van der Waals surface area contributed by atoms with Gasteiger partial charge in [0.25, 0.3) is 0 Å². The number of hydrogen-bond acceptors (Lipinski definition) is 2. The second-order valence-electron chi connectivity index (χ2n) is 3.55. The van der Waals surface area contributed by atoms with Crippen LogP contribution in [0.15, 0.2) is 0 Å². The minimum absolute atomic E-state index is 0.101. The van der Waals surface area contributed by atoms with Crippen LogP contribution in [0.25, 0.3) is 0 Å². The van der Waals surface area contributed by atoms with Crippen molar-refractivity contribution in [3.63, 3.8) is 0 Å². The molecule has 0 saturated carbocycles. The first-order chi connectivity index (χ1) is 6.18. The first kappa shape index (κ1) is 12.4. The molecule has 3 nitrogen and oxygen atoms in total. The summed E-state index contributed by atoms with van der Waals surface area (Å²) in [6.45, 7) is 8.81. The van der Waals surface area contributed by atoms with Gasteiger partial charge in [0.15, 0.2) is 0 Å². The first-order valence-electron chi connectivity index (χ1n) is 5.17. The molecule has 0 aliphatic carbocycles. The lowest BCUT2D eigenvalue weighted by molar-refractivity contribution is -0.123. The van der Waals surface area contributed by atoms with Crippen LogP contribution in [-0.2, 0) is 4.79 Å². The van der Waals surface area contributed by atoms with Gasteiger partial charge in [0, 0.05) is 12.5 Å². The summed E-state index contributed by atoms with van der Waals surface area (Å²) in [5.41, 5.74) is 0. The van der Waals surface area contributed by atoms with Crippen LogP contribution in [0, 0.1) is 5.92 Å². The van der Waals surface area contributed by atoms with Crippen LogP contribution < -0.4 is 10.6 Å². The fraction of sp³-hybridized carbons (Fsp3) is 0.900. The molecule has 0 atom stereocenters. The van der Waals surface area contributed by atoms with Crippen molar-refractivity contribution in [1.82, 2.24) is 10.6 Å². The zero-order chi connectivity index (χ0) is 10.1. The number of carbonyl (C=O) groups excluding carboxylic acids is 1. The molecule has 0 fully saturated rings. The molecule has 0 aliphatic rings. The third-order valence-corrected chi connectivity index (χ3v) is 1.78. The third-order valence-electron chi connectivity index (χ3n) is 1.78. The van der Waals surface area contributed by atoms with Gasteiger partial charge < -0.3 is 10.6 Å². The molecule has 0 aromatic heterocycles. The molecule has 1 amide bonds. The lowest BCUT2D eigenvalue weighted by atomic mass is 10.2. The molecular formula is C10H22N2O. The highest BCUT2D eigenvalue weighted by atomic mass is 16.1. The van der Waals surface area contributed by atoms with Gasteiger partial charge in [0.1, 0.15) is 0 Å². The highest BCUT2D eigenvalue weighted by Crippen LogP contribution is 1.89. The molecule has 0 saturated heterocycles. The van der Waals surface area contributed by atoms with Crippen molar-refractivity contribution in [2.45, 2.75) is 33.6 Å². The molecule has 0 heterocycles. The van der Waals surface area contributed by atoms with E-state index in [0.29, 0.717) is 0 Å². The number of nitrogens with one attached hydrogen (secondary N) is 2. The minimum Gasteiger partial charge on any atom is -0.356 e. The van der Waals surface area contributed by atoms with E-state index in [9.17, 15) is 4.79 Å². The van der Waals surface area contributed by atoms with E-state index < -0.39 is 0 Å². The zero-order valence-electron chi connectivity index (χ0n) is 9.02. The summed E-state index contributed by atoms with van der Waals surface area (Å²) in [6, 6.07) is 0. The molecule has 78 valence electrons. The molecule has 13 heavy (non-hydrogen) atoms. The van der Waals surface area contributed by atoms with Gasteiger partial charge in [-0.2, -0.15) is 0 Å². The summed E-state index contributed by atoms with van der Waals surface area (Å²) < 4.78 is 0. The lowest BCUT2D eigenvalue weighted by Gasteiger charge is -2.07. The van der Waals surface area contributed by atoms with E-state index in [1.807, 2.05) is 13.8 Å². The van der Waals surface area contributed by atoms with Crippen molar-refractivity contribution in [1.29, 1.82) is 0 Å². The predicted molar refractivity (Wildman–Crippen MR) is 55.6 cm³/mol. The van der Waals surface area contributed by atoms with E-state index in [-0.39, 0.29) is 11.8 Å². The maximum Gasteiger partial charge on any atom is 0.222 e. The maximum atomic E-state index is 11.1. The van der Waals surface area contributed by atoms with Crippen LogP contribution in [0.3, 0.4) is 0 Å². The summed E-state index contributed by atoms with van der Waals surface area (Å²) in [7, 11) is 0. The molecule has 0 spiro atoms. The van der Waals surface area contributed by atoms with Crippen molar-refractivity contribution < 1.29 is 4.79 Å². The Kier molecular flexibility index (Phi) is 7.69. The number of hydrogen-bond donors (Lipinski definition) is 2. The van der Waals surface area contributed by atoms with Crippen molar-refractivity contribution in [2.24, 2.45) is 5.92 Å². The van der Waals surface area contributed by atoms with Gasteiger partial charge in [-0.3, -0.25) is 4.79 Å².